The summed E-state index contributed by atoms with van der Waals surface area (Å²) in [6.07, 6.45) is 0.842. The number of nitrogens with zero attached hydrogens (tertiary/aromatic N) is 1. The zero-order valence-corrected chi connectivity index (χ0v) is 10.1. The Balaban J connectivity index is 2.47. The molecule has 0 unspecified atom stereocenters. The van der Waals surface area contributed by atoms with Crippen LogP contribution < -0.4 is 10.6 Å². The first-order valence-corrected chi connectivity index (χ1v) is 5.38. The Morgan fingerprint density at radius 3 is 2.58 bits per heavy atom. The summed E-state index contributed by atoms with van der Waals surface area (Å²) in [4.78, 5) is 32.6. The molecule has 0 saturated carbocycles. The number of aliphatic carboxylic acids is 2. The summed E-state index contributed by atoms with van der Waals surface area (Å²) < 4.78 is 0. The largest absolute Gasteiger partial charge is 0.481 e. The van der Waals surface area contributed by atoms with Crippen LogP contribution in [0.4, 0.5) is 4.79 Å². The minimum Gasteiger partial charge on any atom is -0.481 e. The van der Waals surface area contributed by atoms with Crippen molar-refractivity contribution in [1.82, 2.24) is 20.8 Å². The number of hydrogen-bond acceptors (Lipinski definition) is 4. The normalized spacial score (nSPS) is 11.6. The zero-order chi connectivity index (χ0) is 14.4. The van der Waals surface area contributed by atoms with E-state index in [1.165, 1.54) is 6.20 Å². The van der Waals surface area contributed by atoms with Gasteiger partial charge in [0.05, 0.1) is 12.6 Å². The summed E-state index contributed by atoms with van der Waals surface area (Å²) in [6.45, 7) is 1.93. The Morgan fingerprint density at radius 2 is 2.11 bits per heavy atom. The van der Waals surface area contributed by atoms with Crippen LogP contribution in [0.3, 0.4) is 0 Å². The highest BCUT2D eigenvalue weighted by Gasteiger charge is 2.22. The lowest BCUT2D eigenvalue weighted by molar-refractivity contribution is -0.145. The Kier molecular flexibility index (Phi) is 4.86. The number of carbonyl (C=O) groups excluding carboxylic acids is 1. The van der Waals surface area contributed by atoms with Crippen LogP contribution in [0.5, 0.6) is 0 Å². The first-order chi connectivity index (χ1) is 8.90. The second kappa shape index (κ2) is 6.38. The van der Waals surface area contributed by atoms with Crippen molar-refractivity contribution >= 4 is 18.0 Å². The molecule has 5 N–H and O–H groups in total. The molecule has 0 spiro atoms. The summed E-state index contributed by atoms with van der Waals surface area (Å²) >= 11 is 0. The first-order valence-electron chi connectivity index (χ1n) is 5.38. The van der Waals surface area contributed by atoms with Gasteiger partial charge >= 0.3 is 18.0 Å². The average Bonchev–Trinajstić information content (AvgIpc) is 2.70. The number of aromatic nitrogens is 2. The van der Waals surface area contributed by atoms with Gasteiger partial charge in [-0.05, 0) is 6.92 Å². The third-order valence-electron chi connectivity index (χ3n) is 2.36. The summed E-state index contributed by atoms with van der Waals surface area (Å²) in [7, 11) is 0. The van der Waals surface area contributed by atoms with Crippen LogP contribution in [0, 0.1) is 6.92 Å². The van der Waals surface area contributed by atoms with Gasteiger partial charge in [-0.1, -0.05) is 0 Å². The maximum atomic E-state index is 11.4. The monoisotopic (exact) mass is 270 g/mol. The number of carbonyl (C=O) groups is 3. The Hall–Kier alpha value is -2.58. The molecule has 0 aliphatic rings. The molecule has 2 amide bonds. The van der Waals surface area contributed by atoms with E-state index in [0.29, 0.717) is 0 Å². The molecule has 104 valence electrons. The summed E-state index contributed by atoms with van der Waals surface area (Å²) in [5.74, 6) is -2.71. The maximum absolute atomic E-state index is 11.4. The number of amides is 2. The Morgan fingerprint density at radius 1 is 1.42 bits per heavy atom. The number of nitrogens with one attached hydrogen (secondary N) is 3. The SMILES string of the molecule is Cc1[nH]ncc1CNC(=O)N[C@@H](CC(=O)O)C(=O)O. The fraction of sp³-hybridized carbons (Fsp3) is 0.400. The smallest absolute Gasteiger partial charge is 0.326 e. The topological polar surface area (TPSA) is 144 Å². The lowest BCUT2D eigenvalue weighted by atomic mass is 10.2. The van der Waals surface area contributed by atoms with Crippen LogP contribution in [0.25, 0.3) is 0 Å². The molecule has 1 rings (SSSR count). The highest BCUT2D eigenvalue weighted by Crippen LogP contribution is 2.01. The van der Waals surface area contributed by atoms with Gasteiger partial charge in [-0.25, -0.2) is 9.59 Å². The number of aryl methyl sites for hydroxylation is 1. The molecule has 1 aromatic rings. The molecule has 0 aliphatic carbocycles. The molecule has 0 radical (unpaired) electrons. The summed E-state index contributed by atoms with van der Waals surface area (Å²) in [5.41, 5.74) is 1.53. The van der Waals surface area contributed by atoms with E-state index < -0.39 is 30.4 Å². The minimum atomic E-state index is -1.47. The second-order valence-electron chi connectivity index (χ2n) is 3.84. The Bertz CT molecular complexity index is 484. The molecule has 0 fully saturated rings. The molecule has 0 saturated heterocycles. The van der Waals surface area contributed by atoms with Gasteiger partial charge in [0.15, 0.2) is 0 Å². The van der Waals surface area contributed by atoms with Gasteiger partial charge in [-0.15, -0.1) is 0 Å². The van der Waals surface area contributed by atoms with Crippen molar-refractivity contribution in [3.63, 3.8) is 0 Å². The van der Waals surface area contributed by atoms with Gasteiger partial charge in [0, 0.05) is 17.8 Å². The molecule has 1 atom stereocenters. The van der Waals surface area contributed by atoms with Gasteiger partial charge in [0.25, 0.3) is 0 Å². The number of carboxylic acids is 2. The highest BCUT2D eigenvalue weighted by atomic mass is 16.4. The quantitative estimate of drug-likeness (QED) is 0.469. The molecule has 1 aromatic heterocycles. The van der Waals surface area contributed by atoms with Crippen molar-refractivity contribution < 1.29 is 24.6 Å². The van der Waals surface area contributed by atoms with Crippen molar-refractivity contribution in [3.8, 4) is 0 Å². The summed E-state index contributed by atoms with van der Waals surface area (Å²) in [5, 5.41) is 28.2. The third kappa shape index (κ3) is 4.66. The van der Waals surface area contributed by atoms with Gasteiger partial charge in [0.1, 0.15) is 6.04 Å². The van der Waals surface area contributed by atoms with Crippen LogP contribution in [0.2, 0.25) is 0 Å². The van der Waals surface area contributed by atoms with Crippen molar-refractivity contribution in [2.45, 2.75) is 25.9 Å². The number of carboxylic acid groups (broad SMARTS) is 2. The van der Waals surface area contributed by atoms with Crippen LogP contribution in [-0.4, -0.2) is 44.4 Å². The van der Waals surface area contributed by atoms with Crippen LogP contribution in [-0.2, 0) is 16.1 Å². The van der Waals surface area contributed by atoms with Crippen LogP contribution >= 0.6 is 0 Å². The lowest BCUT2D eigenvalue weighted by Gasteiger charge is -2.13. The maximum Gasteiger partial charge on any atom is 0.326 e. The number of aromatic amines is 1. The number of H-pyrrole nitrogens is 1. The lowest BCUT2D eigenvalue weighted by Crippen LogP contribution is -2.46. The van der Waals surface area contributed by atoms with Crippen LogP contribution in [0.1, 0.15) is 17.7 Å². The molecule has 9 nitrogen and oxygen atoms in total. The first kappa shape index (κ1) is 14.5. The van der Waals surface area contributed by atoms with Crippen LogP contribution in [0.15, 0.2) is 6.20 Å². The molecule has 1 heterocycles. The van der Waals surface area contributed by atoms with E-state index in [9.17, 15) is 14.4 Å². The summed E-state index contributed by atoms with van der Waals surface area (Å²) in [6, 6.07) is -2.22. The zero-order valence-electron chi connectivity index (χ0n) is 10.1. The average molecular weight is 270 g/mol. The fourth-order valence-electron chi connectivity index (χ4n) is 1.31. The van der Waals surface area contributed by atoms with E-state index in [1.807, 2.05) is 0 Å². The number of hydrogen-bond donors (Lipinski definition) is 5. The molecule has 0 bridgehead atoms. The van der Waals surface area contributed by atoms with Crippen molar-refractivity contribution in [1.29, 1.82) is 0 Å². The third-order valence-corrected chi connectivity index (χ3v) is 2.36. The van der Waals surface area contributed by atoms with E-state index in [-0.39, 0.29) is 6.54 Å². The number of urea groups is 1. The second-order valence-corrected chi connectivity index (χ2v) is 3.84. The molecule has 19 heavy (non-hydrogen) atoms. The van der Waals surface area contributed by atoms with Gasteiger partial charge < -0.3 is 20.8 Å². The van der Waals surface area contributed by atoms with Gasteiger partial charge in [0.2, 0.25) is 0 Å². The van der Waals surface area contributed by atoms with E-state index in [4.69, 9.17) is 10.2 Å². The highest BCUT2D eigenvalue weighted by molar-refractivity contribution is 5.86. The molecule has 0 aromatic carbocycles. The molecule has 9 heteroatoms. The molecular formula is C10H14N4O5. The van der Waals surface area contributed by atoms with Gasteiger partial charge in [-0.2, -0.15) is 5.10 Å². The molecule has 0 aliphatic heterocycles. The van der Waals surface area contributed by atoms with E-state index in [2.05, 4.69) is 20.8 Å². The predicted octanol–water partition coefficient (Wildman–Crippen LogP) is -0.555. The van der Waals surface area contributed by atoms with Crippen molar-refractivity contribution in [3.05, 3.63) is 17.5 Å². The van der Waals surface area contributed by atoms with E-state index in [0.717, 1.165) is 11.3 Å². The minimum absolute atomic E-state index is 0.160. The predicted molar refractivity (Wildman–Crippen MR) is 62.4 cm³/mol. The van der Waals surface area contributed by atoms with Gasteiger partial charge in [-0.3, -0.25) is 9.89 Å². The van der Waals surface area contributed by atoms with Crippen molar-refractivity contribution in [2.24, 2.45) is 0 Å². The Labute approximate surface area is 108 Å². The standard InChI is InChI=1S/C10H14N4O5/c1-5-6(4-12-14-5)3-11-10(19)13-7(9(17)18)2-8(15)16/h4,7H,2-3H2,1H3,(H,12,14)(H,15,16)(H,17,18)(H2,11,13,19)/t7-/m0/s1. The fourth-order valence-corrected chi connectivity index (χ4v) is 1.31. The van der Waals surface area contributed by atoms with E-state index >= 15 is 0 Å². The molecular weight excluding hydrogens is 256 g/mol. The van der Waals surface area contributed by atoms with E-state index in [1.54, 1.807) is 6.92 Å². The van der Waals surface area contributed by atoms with Crippen molar-refractivity contribution in [2.75, 3.05) is 0 Å². The number of rotatable bonds is 6.